The van der Waals surface area contributed by atoms with E-state index in [1.165, 1.54) is 11.2 Å². The molecule has 0 saturated carbocycles. The SMILES string of the molecule is CN1CCN(c2ncnc(NCCc3cccs3)c2[N+](=O)[O-])CC1. The lowest BCUT2D eigenvalue weighted by Crippen LogP contribution is -2.45. The van der Waals surface area contributed by atoms with Crippen LogP contribution in [0.15, 0.2) is 23.8 Å². The van der Waals surface area contributed by atoms with Crippen LogP contribution in [-0.2, 0) is 6.42 Å². The Hall–Kier alpha value is -2.26. The van der Waals surface area contributed by atoms with E-state index in [2.05, 4.69) is 26.3 Å². The van der Waals surface area contributed by atoms with Crippen LogP contribution in [0.3, 0.4) is 0 Å². The quantitative estimate of drug-likeness (QED) is 0.629. The van der Waals surface area contributed by atoms with Crippen molar-refractivity contribution < 1.29 is 4.92 Å². The van der Waals surface area contributed by atoms with Gasteiger partial charge in [0.25, 0.3) is 0 Å². The summed E-state index contributed by atoms with van der Waals surface area (Å²) in [6.07, 6.45) is 2.21. The molecule has 24 heavy (non-hydrogen) atoms. The lowest BCUT2D eigenvalue weighted by Gasteiger charge is -2.32. The predicted octanol–water partition coefficient (Wildman–Crippen LogP) is 1.85. The maximum atomic E-state index is 11.6. The Balaban J connectivity index is 1.76. The minimum atomic E-state index is -0.388. The number of hydrogen-bond acceptors (Lipinski definition) is 8. The van der Waals surface area contributed by atoms with Crippen LogP contribution in [0.1, 0.15) is 4.88 Å². The highest BCUT2D eigenvalue weighted by Gasteiger charge is 2.28. The van der Waals surface area contributed by atoms with Gasteiger partial charge in [0, 0.05) is 37.6 Å². The van der Waals surface area contributed by atoms with E-state index < -0.39 is 0 Å². The minimum Gasteiger partial charge on any atom is -0.364 e. The lowest BCUT2D eigenvalue weighted by molar-refractivity contribution is -0.383. The molecule has 1 aliphatic heterocycles. The Morgan fingerprint density at radius 1 is 1.33 bits per heavy atom. The average Bonchev–Trinajstić information content (AvgIpc) is 3.08. The van der Waals surface area contributed by atoms with E-state index in [0.29, 0.717) is 18.2 Å². The fourth-order valence-corrected chi connectivity index (χ4v) is 3.38. The fraction of sp³-hybridized carbons (Fsp3) is 0.467. The van der Waals surface area contributed by atoms with E-state index in [1.807, 2.05) is 23.4 Å². The number of likely N-dealkylation sites (N-methyl/N-ethyl adjacent to an activating group) is 1. The van der Waals surface area contributed by atoms with Gasteiger partial charge >= 0.3 is 5.69 Å². The number of hydrogen-bond donors (Lipinski definition) is 1. The molecular weight excluding hydrogens is 328 g/mol. The van der Waals surface area contributed by atoms with Crippen LogP contribution in [0.5, 0.6) is 0 Å². The monoisotopic (exact) mass is 348 g/mol. The standard InChI is InChI=1S/C15H20N6O2S/c1-19-6-8-20(9-7-19)15-13(21(22)23)14(17-11-18-15)16-5-4-12-3-2-10-24-12/h2-3,10-11H,4-9H2,1H3,(H,16,17,18). The first-order chi connectivity index (χ1) is 11.6. The molecule has 9 heteroatoms. The van der Waals surface area contributed by atoms with Gasteiger partial charge in [0.05, 0.1) is 4.92 Å². The smallest absolute Gasteiger partial charge is 0.353 e. The van der Waals surface area contributed by atoms with Crippen LogP contribution < -0.4 is 10.2 Å². The summed E-state index contributed by atoms with van der Waals surface area (Å²) >= 11 is 1.68. The molecular formula is C15H20N6O2S. The molecule has 1 N–H and O–H groups in total. The predicted molar refractivity (Wildman–Crippen MR) is 94.9 cm³/mol. The summed E-state index contributed by atoms with van der Waals surface area (Å²) in [5, 5.41) is 16.7. The molecule has 0 atom stereocenters. The summed E-state index contributed by atoms with van der Waals surface area (Å²) in [4.78, 5) is 24.9. The van der Waals surface area contributed by atoms with E-state index in [-0.39, 0.29) is 10.6 Å². The van der Waals surface area contributed by atoms with Gasteiger partial charge in [-0.2, -0.15) is 0 Å². The van der Waals surface area contributed by atoms with Crippen molar-refractivity contribution in [2.24, 2.45) is 0 Å². The van der Waals surface area contributed by atoms with Gasteiger partial charge in [-0.25, -0.2) is 9.97 Å². The Labute approximate surface area is 144 Å². The largest absolute Gasteiger partial charge is 0.364 e. The van der Waals surface area contributed by atoms with Crippen LogP contribution in [0.4, 0.5) is 17.3 Å². The van der Waals surface area contributed by atoms with Gasteiger partial charge < -0.3 is 15.1 Å². The summed E-state index contributed by atoms with van der Waals surface area (Å²) in [5.41, 5.74) is -0.0340. The molecule has 0 aliphatic carbocycles. The van der Waals surface area contributed by atoms with Crippen molar-refractivity contribution in [1.82, 2.24) is 14.9 Å². The zero-order chi connectivity index (χ0) is 16.9. The number of piperazine rings is 1. The first kappa shape index (κ1) is 16.6. The molecule has 0 bridgehead atoms. The fourth-order valence-electron chi connectivity index (χ4n) is 2.68. The first-order valence-corrected chi connectivity index (χ1v) is 8.72. The van der Waals surface area contributed by atoms with Crippen LogP contribution in [0.2, 0.25) is 0 Å². The first-order valence-electron chi connectivity index (χ1n) is 7.84. The summed E-state index contributed by atoms with van der Waals surface area (Å²) in [6, 6.07) is 4.05. The number of nitro groups is 1. The number of thiophene rings is 1. The van der Waals surface area contributed by atoms with Gasteiger partial charge in [0.1, 0.15) is 6.33 Å². The molecule has 128 valence electrons. The topological polar surface area (TPSA) is 87.4 Å². The van der Waals surface area contributed by atoms with E-state index in [1.54, 1.807) is 11.3 Å². The van der Waals surface area contributed by atoms with Gasteiger partial charge in [-0.05, 0) is 24.9 Å². The van der Waals surface area contributed by atoms with Crippen molar-refractivity contribution in [3.8, 4) is 0 Å². The molecule has 1 fully saturated rings. The number of nitrogens with zero attached hydrogens (tertiary/aromatic N) is 5. The number of aromatic nitrogens is 2. The third-order valence-electron chi connectivity index (χ3n) is 4.03. The summed E-state index contributed by atoms with van der Waals surface area (Å²) in [7, 11) is 2.04. The van der Waals surface area contributed by atoms with Crippen molar-refractivity contribution in [3.63, 3.8) is 0 Å². The highest BCUT2D eigenvalue weighted by atomic mass is 32.1. The van der Waals surface area contributed by atoms with E-state index in [9.17, 15) is 10.1 Å². The maximum absolute atomic E-state index is 11.6. The van der Waals surface area contributed by atoms with Crippen LogP contribution >= 0.6 is 11.3 Å². The van der Waals surface area contributed by atoms with Crippen molar-refractivity contribution in [2.75, 3.05) is 50.0 Å². The van der Waals surface area contributed by atoms with Crippen molar-refractivity contribution in [1.29, 1.82) is 0 Å². The Morgan fingerprint density at radius 3 is 2.79 bits per heavy atom. The Kier molecular flexibility index (Phi) is 5.21. The molecule has 2 aromatic rings. The third-order valence-corrected chi connectivity index (χ3v) is 4.97. The third kappa shape index (κ3) is 3.80. The van der Waals surface area contributed by atoms with E-state index in [0.717, 1.165) is 32.6 Å². The van der Waals surface area contributed by atoms with Gasteiger partial charge in [-0.1, -0.05) is 6.07 Å². The van der Waals surface area contributed by atoms with Gasteiger partial charge in [0.2, 0.25) is 11.6 Å². The van der Waals surface area contributed by atoms with Crippen molar-refractivity contribution >= 4 is 28.7 Å². The second kappa shape index (κ2) is 7.54. The Morgan fingerprint density at radius 2 is 2.12 bits per heavy atom. The van der Waals surface area contributed by atoms with Crippen LogP contribution in [0.25, 0.3) is 0 Å². The van der Waals surface area contributed by atoms with Crippen molar-refractivity contribution in [3.05, 3.63) is 38.8 Å². The molecule has 0 spiro atoms. The van der Waals surface area contributed by atoms with Gasteiger partial charge in [-0.3, -0.25) is 10.1 Å². The van der Waals surface area contributed by atoms with E-state index in [4.69, 9.17) is 0 Å². The summed E-state index contributed by atoms with van der Waals surface area (Å²) in [5.74, 6) is 0.696. The zero-order valence-electron chi connectivity index (χ0n) is 13.5. The summed E-state index contributed by atoms with van der Waals surface area (Å²) < 4.78 is 0. The molecule has 1 saturated heterocycles. The van der Waals surface area contributed by atoms with Crippen molar-refractivity contribution in [2.45, 2.75) is 6.42 Å². The molecule has 0 unspecified atom stereocenters. The lowest BCUT2D eigenvalue weighted by atomic mass is 10.3. The molecule has 0 radical (unpaired) electrons. The number of nitrogens with one attached hydrogen (secondary N) is 1. The van der Waals surface area contributed by atoms with E-state index >= 15 is 0 Å². The second-order valence-corrected chi connectivity index (χ2v) is 6.73. The van der Waals surface area contributed by atoms with Gasteiger partial charge in [-0.15, -0.1) is 11.3 Å². The molecule has 0 amide bonds. The molecule has 0 aromatic carbocycles. The zero-order valence-corrected chi connectivity index (χ0v) is 14.3. The van der Waals surface area contributed by atoms with Gasteiger partial charge in [0.15, 0.2) is 0 Å². The Bertz CT molecular complexity index is 685. The minimum absolute atomic E-state index is 0.0340. The maximum Gasteiger partial charge on any atom is 0.353 e. The molecule has 3 heterocycles. The average molecular weight is 348 g/mol. The summed E-state index contributed by atoms with van der Waals surface area (Å²) in [6.45, 7) is 3.77. The second-order valence-electron chi connectivity index (χ2n) is 5.70. The van der Waals surface area contributed by atoms with Crippen LogP contribution in [-0.4, -0.2) is 59.6 Å². The van der Waals surface area contributed by atoms with Crippen LogP contribution in [0, 0.1) is 10.1 Å². The molecule has 3 rings (SSSR count). The number of anilines is 2. The molecule has 8 nitrogen and oxygen atoms in total. The normalized spacial score (nSPS) is 15.5. The molecule has 2 aromatic heterocycles. The number of rotatable bonds is 6. The highest BCUT2D eigenvalue weighted by molar-refractivity contribution is 7.09. The molecule has 1 aliphatic rings. The highest BCUT2D eigenvalue weighted by Crippen LogP contribution is 2.32.